The number of amides is 1. The summed E-state index contributed by atoms with van der Waals surface area (Å²) in [6, 6.07) is 19.6. The highest BCUT2D eigenvalue weighted by molar-refractivity contribution is 6.07. The van der Waals surface area contributed by atoms with Gasteiger partial charge in [0.15, 0.2) is 5.78 Å². The average molecular weight is 345 g/mol. The lowest BCUT2D eigenvalue weighted by Gasteiger charge is -2.43. The van der Waals surface area contributed by atoms with Crippen LogP contribution in [0.15, 0.2) is 71.9 Å². The zero-order valence-corrected chi connectivity index (χ0v) is 15.2. The van der Waals surface area contributed by atoms with Crippen LogP contribution < -0.4 is 4.90 Å². The SMILES string of the molecule is CC1(C)CC(=O)C2=C(C1)N(c1ccccc1)C(=O)C[C@@H]2c1ccccc1. The number of carbonyl (C=O) groups is 2. The van der Waals surface area contributed by atoms with Gasteiger partial charge in [-0.2, -0.15) is 0 Å². The Labute approximate surface area is 154 Å². The van der Waals surface area contributed by atoms with E-state index in [1.165, 1.54) is 0 Å². The molecule has 2 aliphatic rings. The molecule has 0 saturated carbocycles. The van der Waals surface area contributed by atoms with Crippen molar-refractivity contribution in [2.75, 3.05) is 4.90 Å². The number of carbonyl (C=O) groups excluding carboxylic acids is 2. The Kier molecular flexibility index (Phi) is 4.03. The van der Waals surface area contributed by atoms with Crippen molar-refractivity contribution in [3.05, 3.63) is 77.5 Å². The molecule has 1 aliphatic carbocycles. The summed E-state index contributed by atoms with van der Waals surface area (Å²) >= 11 is 0. The van der Waals surface area contributed by atoms with Crippen LogP contribution in [-0.4, -0.2) is 11.7 Å². The van der Waals surface area contributed by atoms with E-state index in [1.54, 1.807) is 4.90 Å². The van der Waals surface area contributed by atoms with E-state index in [2.05, 4.69) is 13.8 Å². The molecule has 0 spiro atoms. The number of Topliss-reactive ketones (excluding diaryl/α,β-unsaturated/α-hetero) is 1. The van der Waals surface area contributed by atoms with Crippen molar-refractivity contribution in [1.29, 1.82) is 0 Å². The van der Waals surface area contributed by atoms with Crippen LogP contribution in [0.5, 0.6) is 0 Å². The predicted molar refractivity (Wildman–Crippen MR) is 103 cm³/mol. The van der Waals surface area contributed by atoms with Gasteiger partial charge < -0.3 is 0 Å². The van der Waals surface area contributed by atoms with E-state index >= 15 is 0 Å². The standard InChI is InChI=1S/C23H23NO2/c1-23(2)14-19-22(20(25)15-23)18(16-9-5-3-6-10-16)13-21(26)24(19)17-11-7-4-8-12-17/h3-12,18H,13-15H2,1-2H3/t18-/m1/s1. The predicted octanol–water partition coefficient (Wildman–Crippen LogP) is 4.85. The molecule has 0 unspecified atom stereocenters. The third kappa shape index (κ3) is 2.88. The Morgan fingerprint density at radius 2 is 1.50 bits per heavy atom. The third-order valence-electron chi connectivity index (χ3n) is 5.36. The monoisotopic (exact) mass is 345 g/mol. The van der Waals surface area contributed by atoms with Gasteiger partial charge in [0.2, 0.25) is 5.91 Å². The molecule has 132 valence electrons. The minimum atomic E-state index is -0.137. The van der Waals surface area contributed by atoms with Gasteiger partial charge in [0.1, 0.15) is 0 Å². The Bertz CT molecular complexity index is 881. The van der Waals surface area contributed by atoms with Gasteiger partial charge in [-0.1, -0.05) is 62.4 Å². The van der Waals surface area contributed by atoms with Crippen LogP contribution in [0.25, 0.3) is 0 Å². The highest BCUT2D eigenvalue weighted by atomic mass is 16.2. The lowest BCUT2D eigenvalue weighted by atomic mass is 9.69. The first-order valence-corrected chi connectivity index (χ1v) is 9.15. The van der Waals surface area contributed by atoms with Crippen LogP contribution in [0, 0.1) is 5.41 Å². The molecule has 26 heavy (non-hydrogen) atoms. The molecule has 0 radical (unpaired) electrons. The normalized spacial score (nSPS) is 22.4. The van der Waals surface area contributed by atoms with Crippen molar-refractivity contribution < 1.29 is 9.59 Å². The number of hydrogen-bond donors (Lipinski definition) is 0. The van der Waals surface area contributed by atoms with Crippen molar-refractivity contribution in [1.82, 2.24) is 0 Å². The summed E-state index contributed by atoms with van der Waals surface area (Å²) < 4.78 is 0. The van der Waals surface area contributed by atoms with Crippen molar-refractivity contribution in [2.24, 2.45) is 5.41 Å². The molecule has 1 aliphatic heterocycles. The summed E-state index contributed by atoms with van der Waals surface area (Å²) in [5, 5.41) is 0. The number of para-hydroxylation sites is 1. The fourth-order valence-electron chi connectivity index (χ4n) is 4.26. The summed E-state index contributed by atoms with van der Waals surface area (Å²) in [7, 11) is 0. The third-order valence-corrected chi connectivity index (χ3v) is 5.36. The van der Waals surface area contributed by atoms with Crippen molar-refractivity contribution in [2.45, 2.75) is 39.0 Å². The van der Waals surface area contributed by atoms with Crippen molar-refractivity contribution in [3.63, 3.8) is 0 Å². The average Bonchev–Trinajstić information content (AvgIpc) is 2.61. The highest BCUT2D eigenvalue weighted by Gasteiger charge is 2.44. The van der Waals surface area contributed by atoms with E-state index in [-0.39, 0.29) is 23.0 Å². The van der Waals surface area contributed by atoms with E-state index < -0.39 is 0 Å². The molecule has 1 heterocycles. The zero-order valence-electron chi connectivity index (χ0n) is 15.2. The maximum Gasteiger partial charge on any atom is 0.232 e. The lowest BCUT2D eigenvalue weighted by Crippen LogP contribution is -2.43. The minimum absolute atomic E-state index is 0.0642. The molecular formula is C23H23NO2. The number of nitrogens with zero attached hydrogens (tertiary/aromatic N) is 1. The van der Waals surface area contributed by atoms with Gasteiger partial charge in [0.05, 0.1) is 0 Å². The van der Waals surface area contributed by atoms with Gasteiger partial charge in [-0.15, -0.1) is 0 Å². The van der Waals surface area contributed by atoms with Gasteiger partial charge in [0, 0.05) is 35.7 Å². The van der Waals surface area contributed by atoms with Crippen LogP contribution >= 0.6 is 0 Å². The Balaban J connectivity index is 1.90. The second kappa shape index (κ2) is 6.24. The largest absolute Gasteiger partial charge is 0.294 e. The maximum atomic E-state index is 13.1. The molecule has 0 saturated heterocycles. The molecule has 1 amide bonds. The van der Waals surface area contributed by atoms with Crippen LogP contribution in [0.2, 0.25) is 0 Å². The van der Waals surface area contributed by atoms with Gasteiger partial charge in [-0.25, -0.2) is 0 Å². The number of anilines is 1. The van der Waals surface area contributed by atoms with E-state index in [0.717, 1.165) is 28.9 Å². The molecule has 4 rings (SSSR count). The summed E-state index contributed by atoms with van der Waals surface area (Å²) in [6.07, 6.45) is 1.61. The second-order valence-electron chi connectivity index (χ2n) is 8.03. The molecular weight excluding hydrogens is 322 g/mol. The van der Waals surface area contributed by atoms with Crippen LogP contribution in [0.1, 0.15) is 44.6 Å². The van der Waals surface area contributed by atoms with E-state index in [0.29, 0.717) is 12.8 Å². The first kappa shape index (κ1) is 16.8. The van der Waals surface area contributed by atoms with E-state index in [9.17, 15) is 9.59 Å². The molecule has 3 heteroatoms. The van der Waals surface area contributed by atoms with Gasteiger partial charge >= 0.3 is 0 Å². The van der Waals surface area contributed by atoms with Crippen LogP contribution in [-0.2, 0) is 9.59 Å². The summed E-state index contributed by atoms with van der Waals surface area (Å²) in [4.78, 5) is 28.0. The summed E-state index contributed by atoms with van der Waals surface area (Å²) in [6.45, 7) is 4.21. The number of benzene rings is 2. The Morgan fingerprint density at radius 3 is 2.15 bits per heavy atom. The maximum absolute atomic E-state index is 13.1. The van der Waals surface area contributed by atoms with E-state index in [1.807, 2.05) is 60.7 Å². The lowest BCUT2D eigenvalue weighted by molar-refractivity contribution is -0.121. The molecule has 1 atom stereocenters. The molecule has 0 aromatic heterocycles. The molecule has 2 aromatic rings. The quantitative estimate of drug-likeness (QED) is 0.780. The topological polar surface area (TPSA) is 37.4 Å². The first-order chi connectivity index (χ1) is 12.5. The Morgan fingerprint density at radius 1 is 0.885 bits per heavy atom. The van der Waals surface area contributed by atoms with Crippen molar-refractivity contribution in [3.8, 4) is 0 Å². The number of ketones is 1. The number of hydrogen-bond acceptors (Lipinski definition) is 2. The molecule has 0 bridgehead atoms. The summed E-state index contributed by atoms with van der Waals surface area (Å²) in [5.74, 6) is 0.107. The smallest absolute Gasteiger partial charge is 0.232 e. The van der Waals surface area contributed by atoms with Crippen LogP contribution in [0.3, 0.4) is 0 Å². The zero-order chi connectivity index (χ0) is 18.3. The fraction of sp³-hybridized carbons (Fsp3) is 0.304. The van der Waals surface area contributed by atoms with Gasteiger partial charge in [-0.3, -0.25) is 14.5 Å². The molecule has 2 aromatic carbocycles. The second-order valence-corrected chi connectivity index (χ2v) is 8.03. The molecule has 0 fully saturated rings. The van der Waals surface area contributed by atoms with Crippen molar-refractivity contribution >= 4 is 17.4 Å². The highest BCUT2D eigenvalue weighted by Crippen LogP contribution is 2.47. The van der Waals surface area contributed by atoms with E-state index in [4.69, 9.17) is 0 Å². The van der Waals surface area contributed by atoms with Gasteiger partial charge in [-0.05, 0) is 29.5 Å². The Hall–Kier alpha value is -2.68. The minimum Gasteiger partial charge on any atom is -0.294 e. The number of rotatable bonds is 2. The number of allylic oxidation sites excluding steroid dienone is 2. The molecule has 0 N–H and O–H groups in total. The van der Waals surface area contributed by atoms with Gasteiger partial charge in [0.25, 0.3) is 0 Å². The molecule has 3 nitrogen and oxygen atoms in total. The van der Waals surface area contributed by atoms with Crippen LogP contribution in [0.4, 0.5) is 5.69 Å². The first-order valence-electron chi connectivity index (χ1n) is 9.15. The summed E-state index contributed by atoms with van der Waals surface area (Å²) in [5.41, 5.74) is 3.49. The fourth-order valence-corrected chi connectivity index (χ4v) is 4.26.